The molecular formula is C12H18N2O. The molecule has 1 atom stereocenters. The number of imidazole rings is 1. The summed E-state index contributed by atoms with van der Waals surface area (Å²) in [6, 6.07) is 0.511. The van der Waals surface area contributed by atoms with Gasteiger partial charge < -0.3 is 4.57 Å². The summed E-state index contributed by atoms with van der Waals surface area (Å²) in [6.07, 6.45) is 6.36. The van der Waals surface area contributed by atoms with Gasteiger partial charge in [-0.05, 0) is 32.6 Å². The number of hydrogen-bond donors (Lipinski definition) is 0. The molecule has 0 fully saturated rings. The number of rotatable bonds is 3. The molecule has 1 aliphatic heterocycles. The first kappa shape index (κ1) is 10.4. The van der Waals surface area contributed by atoms with Gasteiger partial charge in [0.2, 0.25) is 0 Å². The van der Waals surface area contributed by atoms with Gasteiger partial charge in [0.25, 0.3) is 0 Å². The lowest BCUT2D eigenvalue weighted by molar-refractivity contribution is 0.111. The van der Waals surface area contributed by atoms with Gasteiger partial charge in [0.05, 0.1) is 0 Å². The molecule has 0 radical (unpaired) electrons. The highest BCUT2D eigenvalue weighted by Crippen LogP contribution is 2.28. The SMILES string of the molecule is CCCc1nc(C=O)c2n1C(C)CCC2. The quantitative estimate of drug-likeness (QED) is 0.712. The molecular weight excluding hydrogens is 188 g/mol. The molecule has 1 aromatic rings. The molecule has 3 heteroatoms. The molecule has 1 aliphatic rings. The number of hydrogen-bond acceptors (Lipinski definition) is 2. The van der Waals surface area contributed by atoms with Crippen molar-refractivity contribution in [2.75, 3.05) is 0 Å². The summed E-state index contributed by atoms with van der Waals surface area (Å²) in [5.74, 6) is 1.10. The van der Waals surface area contributed by atoms with Gasteiger partial charge in [0.15, 0.2) is 6.29 Å². The van der Waals surface area contributed by atoms with E-state index >= 15 is 0 Å². The van der Waals surface area contributed by atoms with Crippen molar-refractivity contribution in [1.29, 1.82) is 0 Å². The molecule has 0 saturated carbocycles. The van der Waals surface area contributed by atoms with Crippen LogP contribution >= 0.6 is 0 Å². The average molecular weight is 206 g/mol. The standard InChI is InChI=1S/C12H18N2O/c1-3-5-12-13-10(8-15)11-7-4-6-9(2)14(11)12/h8-9H,3-7H2,1-2H3. The molecule has 0 saturated heterocycles. The normalized spacial score (nSPS) is 20.0. The van der Waals surface area contributed by atoms with Crippen molar-refractivity contribution < 1.29 is 4.79 Å². The lowest BCUT2D eigenvalue weighted by atomic mass is 10.0. The van der Waals surface area contributed by atoms with Crippen LogP contribution in [0.15, 0.2) is 0 Å². The topological polar surface area (TPSA) is 34.9 Å². The molecule has 0 bridgehead atoms. The number of aldehydes is 1. The minimum absolute atomic E-state index is 0.511. The van der Waals surface area contributed by atoms with Gasteiger partial charge in [-0.2, -0.15) is 0 Å². The van der Waals surface area contributed by atoms with Crippen LogP contribution < -0.4 is 0 Å². The maximum atomic E-state index is 10.9. The molecule has 0 N–H and O–H groups in total. The van der Waals surface area contributed by atoms with Crippen LogP contribution in [0.5, 0.6) is 0 Å². The average Bonchev–Trinajstić information content (AvgIpc) is 2.59. The second-order valence-corrected chi connectivity index (χ2v) is 4.34. The molecule has 1 aromatic heterocycles. The van der Waals surface area contributed by atoms with Gasteiger partial charge in [-0.1, -0.05) is 6.92 Å². The zero-order valence-corrected chi connectivity index (χ0v) is 9.49. The molecule has 0 aliphatic carbocycles. The van der Waals surface area contributed by atoms with E-state index in [0.29, 0.717) is 11.7 Å². The van der Waals surface area contributed by atoms with E-state index in [0.717, 1.165) is 37.1 Å². The van der Waals surface area contributed by atoms with E-state index in [1.165, 1.54) is 12.8 Å². The van der Waals surface area contributed by atoms with Crippen LogP contribution in [0.1, 0.15) is 61.2 Å². The van der Waals surface area contributed by atoms with Crippen LogP contribution in [-0.2, 0) is 12.8 Å². The Morgan fingerprint density at radius 1 is 1.60 bits per heavy atom. The molecule has 82 valence electrons. The van der Waals surface area contributed by atoms with Crippen molar-refractivity contribution in [3.63, 3.8) is 0 Å². The highest BCUT2D eigenvalue weighted by atomic mass is 16.1. The fourth-order valence-electron chi connectivity index (χ4n) is 2.49. The van der Waals surface area contributed by atoms with E-state index in [4.69, 9.17) is 0 Å². The van der Waals surface area contributed by atoms with Crippen LogP contribution in [0, 0.1) is 0 Å². The Bertz CT molecular complexity index is 368. The Balaban J connectivity index is 2.47. The smallest absolute Gasteiger partial charge is 0.170 e. The van der Waals surface area contributed by atoms with Crippen LogP contribution in [0.25, 0.3) is 0 Å². The summed E-state index contributed by atoms with van der Waals surface area (Å²) >= 11 is 0. The van der Waals surface area contributed by atoms with Gasteiger partial charge in [0.1, 0.15) is 11.5 Å². The zero-order valence-electron chi connectivity index (χ0n) is 9.49. The summed E-state index contributed by atoms with van der Waals surface area (Å²) < 4.78 is 2.29. The fraction of sp³-hybridized carbons (Fsp3) is 0.667. The maximum Gasteiger partial charge on any atom is 0.170 e. The second-order valence-electron chi connectivity index (χ2n) is 4.34. The zero-order chi connectivity index (χ0) is 10.8. The van der Waals surface area contributed by atoms with E-state index in [1.807, 2.05) is 0 Å². The van der Waals surface area contributed by atoms with Gasteiger partial charge >= 0.3 is 0 Å². The highest BCUT2D eigenvalue weighted by molar-refractivity contribution is 5.74. The number of carbonyl (C=O) groups excluding carboxylic acids is 1. The molecule has 0 aromatic carbocycles. The summed E-state index contributed by atoms with van der Waals surface area (Å²) in [5, 5.41) is 0. The number of carbonyl (C=O) groups is 1. The second kappa shape index (κ2) is 4.17. The molecule has 0 amide bonds. The van der Waals surface area contributed by atoms with Crippen LogP contribution in [-0.4, -0.2) is 15.8 Å². The Morgan fingerprint density at radius 3 is 3.07 bits per heavy atom. The first-order valence-electron chi connectivity index (χ1n) is 5.83. The van der Waals surface area contributed by atoms with Crippen molar-refractivity contribution in [2.45, 2.75) is 52.0 Å². The highest BCUT2D eigenvalue weighted by Gasteiger charge is 2.23. The van der Waals surface area contributed by atoms with Gasteiger partial charge in [-0.25, -0.2) is 4.98 Å². The monoisotopic (exact) mass is 206 g/mol. The first-order chi connectivity index (χ1) is 7.27. The predicted molar refractivity (Wildman–Crippen MR) is 59.3 cm³/mol. The largest absolute Gasteiger partial charge is 0.329 e. The molecule has 15 heavy (non-hydrogen) atoms. The van der Waals surface area contributed by atoms with Gasteiger partial charge in [0, 0.05) is 18.2 Å². The van der Waals surface area contributed by atoms with E-state index in [1.54, 1.807) is 0 Å². The summed E-state index contributed by atoms with van der Waals surface area (Å²) in [4.78, 5) is 15.4. The van der Waals surface area contributed by atoms with Crippen LogP contribution in [0.4, 0.5) is 0 Å². The number of nitrogens with zero attached hydrogens (tertiary/aromatic N) is 2. The minimum Gasteiger partial charge on any atom is -0.329 e. The molecule has 0 spiro atoms. The third-order valence-electron chi connectivity index (χ3n) is 3.18. The maximum absolute atomic E-state index is 10.9. The van der Waals surface area contributed by atoms with E-state index in [-0.39, 0.29) is 0 Å². The summed E-state index contributed by atoms with van der Waals surface area (Å²) in [5.41, 5.74) is 1.83. The molecule has 3 nitrogen and oxygen atoms in total. The lowest BCUT2D eigenvalue weighted by Gasteiger charge is -2.24. The Labute approximate surface area is 90.5 Å². The third-order valence-corrected chi connectivity index (χ3v) is 3.18. The lowest BCUT2D eigenvalue weighted by Crippen LogP contribution is -2.17. The third kappa shape index (κ3) is 1.71. The van der Waals surface area contributed by atoms with Crippen molar-refractivity contribution in [1.82, 2.24) is 9.55 Å². The predicted octanol–water partition coefficient (Wildman–Crippen LogP) is 2.55. The summed E-state index contributed by atoms with van der Waals surface area (Å²) in [7, 11) is 0. The van der Waals surface area contributed by atoms with Crippen molar-refractivity contribution in [2.24, 2.45) is 0 Å². The van der Waals surface area contributed by atoms with E-state index < -0.39 is 0 Å². The number of aromatic nitrogens is 2. The van der Waals surface area contributed by atoms with E-state index in [9.17, 15) is 4.79 Å². The molecule has 1 unspecified atom stereocenters. The Morgan fingerprint density at radius 2 is 2.40 bits per heavy atom. The van der Waals surface area contributed by atoms with Crippen molar-refractivity contribution in [3.05, 3.63) is 17.2 Å². The molecule has 2 heterocycles. The van der Waals surface area contributed by atoms with Crippen molar-refractivity contribution >= 4 is 6.29 Å². The first-order valence-corrected chi connectivity index (χ1v) is 5.83. The minimum atomic E-state index is 0.511. The van der Waals surface area contributed by atoms with Gasteiger partial charge in [-0.15, -0.1) is 0 Å². The Hall–Kier alpha value is -1.12. The van der Waals surface area contributed by atoms with E-state index in [2.05, 4.69) is 23.4 Å². The fourth-order valence-corrected chi connectivity index (χ4v) is 2.49. The Kier molecular flexibility index (Phi) is 2.89. The number of aryl methyl sites for hydroxylation is 1. The van der Waals surface area contributed by atoms with Gasteiger partial charge in [-0.3, -0.25) is 4.79 Å². The van der Waals surface area contributed by atoms with Crippen LogP contribution in [0.2, 0.25) is 0 Å². The molecule has 2 rings (SSSR count). The summed E-state index contributed by atoms with van der Waals surface area (Å²) in [6.45, 7) is 4.37. The van der Waals surface area contributed by atoms with Crippen LogP contribution in [0.3, 0.4) is 0 Å². The van der Waals surface area contributed by atoms with Crippen molar-refractivity contribution in [3.8, 4) is 0 Å². The number of fused-ring (bicyclic) bond motifs is 1.